The second-order valence-electron chi connectivity index (χ2n) is 7.13. The third-order valence-electron chi connectivity index (χ3n) is 5.31. The molecule has 0 saturated carbocycles. The topological polar surface area (TPSA) is 45.7 Å². The molecule has 0 unspecified atom stereocenters. The van der Waals surface area contributed by atoms with Crippen molar-refractivity contribution in [3.63, 3.8) is 0 Å². The number of benzene rings is 2. The molecule has 1 saturated heterocycles. The number of thiazole rings is 1. The highest BCUT2D eigenvalue weighted by atomic mass is 35.5. The summed E-state index contributed by atoms with van der Waals surface area (Å²) in [6.07, 6.45) is 0. The van der Waals surface area contributed by atoms with Crippen LogP contribution in [-0.2, 0) is 4.74 Å². The van der Waals surface area contributed by atoms with Gasteiger partial charge in [-0.1, -0.05) is 35.6 Å². The van der Waals surface area contributed by atoms with Gasteiger partial charge in [-0.3, -0.25) is 14.6 Å². The summed E-state index contributed by atoms with van der Waals surface area (Å²) in [4.78, 5) is 22.3. The number of hydrogen-bond acceptors (Lipinski definition) is 5. The highest BCUT2D eigenvalue weighted by Crippen LogP contribution is 2.32. The number of aryl methyl sites for hydroxylation is 2. The van der Waals surface area contributed by atoms with Crippen LogP contribution in [0.1, 0.15) is 21.5 Å². The Balaban J connectivity index is 0.00000240. The number of halogens is 1. The van der Waals surface area contributed by atoms with Crippen LogP contribution in [0.5, 0.6) is 0 Å². The van der Waals surface area contributed by atoms with Gasteiger partial charge in [0.25, 0.3) is 5.91 Å². The zero-order valence-corrected chi connectivity index (χ0v) is 18.4. The van der Waals surface area contributed by atoms with Crippen LogP contribution in [0.2, 0.25) is 0 Å². The second kappa shape index (κ2) is 9.67. The van der Waals surface area contributed by atoms with E-state index in [2.05, 4.69) is 30.9 Å². The summed E-state index contributed by atoms with van der Waals surface area (Å²) in [5.41, 5.74) is 4.09. The lowest BCUT2D eigenvalue weighted by Gasteiger charge is -2.29. The highest BCUT2D eigenvalue weighted by molar-refractivity contribution is 7.22. The number of rotatable bonds is 5. The maximum Gasteiger partial charge on any atom is 0.260 e. The Hall–Kier alpha value is -1.99. The summed E-state index contributed by atoms with van der Waals surface area (Å²) >= 11 is 1.59. The molecule has 0 atom stereocenters. The van der Waals surface area contributed by atoms with Gasteiger partial charge in [0, 0.05) is 31.7 Å². The van der Waals surface area contributed by atoms with Gasteiger partial charge in [-0.15, -0.1) is 12.4 Å². The minimum atomic E-state index is 0. The SMILES string of the molecule is Cc1ccc2sc(N(CCN3CCOCC3)C(=O)c3ccccc3)nc2c1C.Cl. The van der Waals surface area contributed by atoms with Gasteiger partial charge < -0.3 is 4.74 Å². The molecule has 7 heteroatoms. The predicted molar refractivity (Wildman–Crippen MR) is 122 cm³/mol. The van der Waals surface area contributed by atoms with Crippen molar-refractivity contribution in [1.29, 1.82) is 0 Å². The van der Waals surface area contributed by atoms with Crippen LogP contribution in [-0.4, -0.2) is 55.2 Å². The van der Waals surface area contributed by atoms with E-state index < -0.39 is 0 Å². The van der Waals surface area contributed by atoms with Gasteiger partial charge in [0.05, 0.1) is 23.4 Å². The fourth-order valence-electron chi connectivity index (χ4n) is 3.42. The summed E-state index contributed by atoms with van der Waals surface area (Å²) in [6, 6.07) is 13.7. The summed E-state index contributed by atoms with van der Waals surface area (Å²) < 4.78 is 6.56. The van der Waals surface area contributed by atoms with Gasteiger partial charge in [0.2, 0.25) is 0 Å². The zero-order valence-electron chi connectivity index (χ0n) is 16.8. The number of hydrogen-bond donors (Lipinski definition) is 0. The molecule has 29 heavy (non-hydrogen) atoms. The highest BCUT2D eigenvalue weighted by Gasteiger charge is 2.23. The van der Waals surface area contributed by atoms with Crippen molar-refractivity contribution in [2.45, 2.75) is 13.8 Å². The Labute approximate surface area is 181 Å². The van der Waals surface area contributed by atoms with E-state index in [4.69, 9.17) is 9.72 Å². The molecular weight excluding hydrogens is 406 g/mol. The molecule has 4 rings (SSSR count). The number of aromatic nitrogens is 1. The number of ether oxygens (including phenoxy) is 1. The minimum absolute atomic E-state index is 0. The molecule has 1 amide bonds. The first-order chi connectivity index (χ1) is 13.6. The van der Waals surface area contributed by atoms with Gasteiger partial charge in [0.1, 0.15) is 0 Å². The fourth-order valence-corrected chi connectivity index (χ4v) is 4.47. The third-order valence-corrected chi connectivity index (χ3v) is 6.36. The van der Waals surface area contributed by atoms with Crippen LogP contribution in [0.4, 0.5) is 5.13 Å². The van der Waals surface area contributed by atoms with Crippen molar-refractivity contribution in [3.8, 4) is 0 Å². The van der Waals surface area contributed by atoms with Crippen molar-refractivity contribution in [3.05, 3.63) is 59.2 Å². The average Bonchev–Trinajstić information content (AvgIpc) is 3.17. The van der Waals surface area contributed by atoms with Crippen molar-refractivity contribution in [2.24, 2.45) is 0 Å². The van der Waals surface area contributed by atoms with Crippen LogP contribution in [0, 0.1) is 13.8 Å². The molecule has 0 spiro atoms. The summed E-state index contributed by atoms with van der Waals surface area (Å²) in [5.74, 6) is 0.00212. The fraction of sp³-hybridized carbons (Fsp3) is 0.364. The number of anilines is 1. The molecule has 0 aliphatic carbocycles. The molecule has 5 nitrogen and oxygen atoms in total. The molecule has 3 aromatic rings. The molecule has 1 aliphatic heterocycles. The monoisotopic (exact) mass is 431 g/mol. The molecule has 154 valence electrons. The number of morpholine rings is 1. The largest absolute Gasteiger partial charge is 0.379 e. The second-order valence-corrected chi connectivity index (χ2v) is 8.14. The van der Waals surface area contributed by atoms with Gasteiger partial charge >= 0.3 is 0 Å². The van der Waals surface area contributed by atoms with E-state index in [0.717, 1.165) is 48.2 Å². The Kier molecular flexibility index (Phi) is 7.24. The molecule has 1 aromatic heterocycles. The van der Waals surface area contributed by atoms with Crippen LogP contribution in [0.15, 0.2) is 42.5 Å². The van der Waals surface area contributed by atoms with Crippen molar-refractivity contribution in [1.82, 2.24) is 9.88 Å². The van der Waals surface area contributed by atoms with Gasteiger partial charge in [0.15, 0.2) is 5.13 Å². The van der Waals surface area contributed by atoms with E-state index >= 15 is 0 Å². The zero-order chi connectivity index (χ0) is 19.5. The lowest BCUT2D eigenvalue weighted by Crippen LogP contribution is -2.43. The van der Waals surface area contributed by atoms with E-state index in [0.29, 0.717) is 12.1 Å². The summed E-state index contributed by atoms with van der Waals surface area (Å²) in [5, 5.41) is 0.769. The van der Waals surface area contributed by atoms with Crippen molar-refractivity contribution < 1.29 is 9.53 Å². The maximum atomic E-state index is 13.3. The molecule has 2 aromatic carbocycles. The van der Waals surface area contributed by atoms with Gasteiger partial charge in [-0.2, -0.15) is 0 Å². The Morgan fingerprint density at radius 2 is 1.86 bits per heavy atom. The molecule has 0 bridgehead atoms. The molecule has 1 fully saturated rings. The first kappa shape index (κ1) is 21.7. The lowest BCUT2D eigenvalue weighted by molar-refractivity contribution is 0.0391. The van der Waals surface area contributed by atoms with E-state index in [1.807, 2.05) is 35.2 Å². The molecular formula is C22H26ClN3O2S. The first-order valence-electron chi connectivity index (χ1n) is 9.67. The molecule has 1 aliphatic rings. The van der Waals surface area contributed by atoms with Gasteiger partial charge in [-0.05, 0) is 43.2 Å². The van der Waals surface area contributed by atoms with E-state index in [1.54, 1.807) is 11.3 Å². The van der Waals surface area contributed by atoms with Crippen LogP contribution >= 0.6 is 23.7 Å². The lowest BCUT2D eigenvalue weighted by atomic mass is 10.1. The number of nitrogens with zero attached hydrogens (tertiary/aromatic N) is 3. The van der Waals surface area contributed by atoms with Gasteiger partial charge in [-0.25, -0.2) is 4.98 Å². The minimum Gasteiger partial charge on any atom is -0.379 e. The number of carbonyl (C=O) groups excluding carboxylic acids is 1. The van der Waals surface area contributed by atoms with Crippen LogP contribution in [0.3, 0.4) is 0 Å². The van der Waals surface area contributed by atoms with E-state index in [1.165, 1.54) is 11.1 Å². The van der Waals surface area contributed by atoms with Crippen molar-refractivity contribution in [2.75, 3.05) is 44.3 Å². The number of fused-ring (bicyclic) bond motifs is 1. The average molecular weight is 432 g/mol. The predicted octanol–water partition coefficient (Wildman–Crippen LogP) is 4.31. The third kappa shape index (κ3) is 4.78. The van der Waals surface area contributed by atoms with E-state index in [9.17, 15) is 4.79 Å². The summed E-state index contributed by atoms with van der Waals surface area (Å²) in [6.45, 7) is 8.95. The Morgan fingerprint density at radius 3 is 2.59 bits per heavy atom. The number of amides is 1. The maximum absolute atomic E-state index is 13.3. The smallest absolute Gasteiger partial charge is 0.260 e. The standard InChI is InChI=1S/C22H25N3O2S.ClH/c1-16-8-9-19-20(17(16)2)23-22(28-19)25(11-10-24-12-14-27-15-13-24)21(26)18-6-4-3-5-7-18;/h3-9H,10-15H2,1-2H3;1H. The Morgan fingerprint density at radius 1 is 1.14 bits per heavy atom. The van der Waals surface area contributed by atoms with E-state index in [-0.39, 0.29) is 18.3 Å². The molecule has 0 radical (unpaired) electrons. The Bertz CT molecular complexity index is 971. The molecule has 0 N–H and O–H groups in total. The van der Waals surface area contributed by atoms with Crippen LogP contribution in [0.25, 0.3) is 10.2 Å². The molecule has 2 heterocycles. The normalized spacial score (nSPS) is 14.6. The van der Waals surface area contributed by atoms with Crippen LogP contribution < -0.4 is 4.90 Å². The van der Waals surface area contributed by atoms with Crippen molar-refractivity contribution >= 4 is 45.0 Å². The summed E-state index contributed by atoms with van der Waals surface area (Å²) in [7, 11) is 0. The first-order valence-corrected chi connectivity index (χ1v) is 10.5. The number of carbonyl (C=O) groups is 1. The quantitative estimate of drug-likeness (QED) is 0.603.